The van der Waals surface area contributed by atoms with E-state index in [0.717, 1.165) is 19.2 Å². The lowest BCUT2D eigenvalue weighted by atomic mass is 10.0. The lowest BCUT2D eigenvalue weighted by molar-refractivity contribution is -0.144. The molecule has 3 nitrogen and oxygen atoms in total. The Morgan fingerprint density at radius 1 is 1.47 bits per heavy atom. The Balaban J connectivity index is 3.35. The number of rotatable bonds is 2. The molecule has 1 aromatic carbocycles. The van der Waals surface area contributed by atoms with Gasteiger partial charge in [-0.2, -0.15) is 13.2 Å². The third kappa shape index (κ3) is 2.89. The zero-order valence-corrected chi connectivity index (χ0v) is 9.47. The van der Waals surface area contributed by atoms with E-state index < -0.39 is 29.3 Å². The Labute approximate surface area is 100 Å². The van der Waals surface area contributed by atoms with Crippen molar-refractivity contribution in [2.45, 2.75) is 12.2 Å². The second-order valence-corrected chi connectivity index (χ2v) is 3.61. The first-order chi connectivity index (χ1) is 7.79. The van der Waals surface area contributed by atoms with Gasteiger partial charge in [-0.1, -0.05) is 17.7 Å². The summed E-state index contributed by atoms with van der Waals surface area (Å²) in [5.41, 5.74) is 3.87. The molecule has 0 fully saturated rings. The van der Waals surface area contributed by atoms with Gasteiger partial charge in [0.15, 0.2) is 0 Å². The van der Waals surface area contributed by atoms with Gasteiger partial charge in [0, 0.05) is 10.6 Å². The first-order valence-electron chi connectivity index (χ1n) is 4.48. The molecule has 94 valence electrons. The highest BCUT2D eigenvalue weighted by Gasteiger charge is 2.37. The highest BCUT2D eigenvalue weighted by atomic mass is 35.5. The molecule has 0 saturated heterocycles. The van der Waals surface area contributed by atoms with Crippen molar-refractivity contribution in [2.75, 3.05) is 7.11 Å². The van der Waals surface area contributed by atoms with Crippen LogP contribution < -0.4 is 5.73 Å². The van der Waals surface area contributed by atoms with Crippen molar-refractivity contribution >= 4 is 17.6 Å². The standard InChI is InChI=1S/C10H9ClF3NO2/c1-17-9(16)8(15)7-5(10(12,13)14)3-2-4-6(7)11/h2-4,8H,15H2,1H3/t8-/m0/s1. The van der Waals surface area contributed by atoms with E-state index in [-0.39, 0.29) is 5.02 Å². The maximum absolute atomic E-state index is 12.7. The number of hydrogen-bond donors (Lipinski definition) is 1. The number of halogens is 4. The molecule has 2 N–H and O–H groups in total. The molecular formula is C10H9ClF3NO2. The summed E-state index contributed by atoms with van der Waals surface area (Å²) in [6.45, 7) is 0. The van der Waals surface area contributed by atoms with Crippen LogP contribution in [0.3, 0.4) is 0 Å². The summed E-state index contributed by atoms with van der Waals surface area (Å²) < 4.78 is 42.4. The van der Waals surface area contributed by atoms with Gasteiger partial charge in [-0.3, -0.25) is 4.79 Å². The minimum atomic E-state index is -4.63. The minimum absolute atomic E-state index is 0.224. The molecule has 1 rings (SSSR count). The van der Waals surface area contributed by atoms with E-state index >= 15 is 0 Å². The van der Waals surface area contributed by atoms with E-state index in [4.69, 9.17) is 17.3 Å². The van der Waals surface area contributed by atoms with E-state index in [2.05, 4.69) is 4.74 Å². The fourth-order valence-corrected chi connectivity index (χ4v) is 1.64. The summed E-state index contributed by atoms with van der Waals surface area (Å²) in [6.07, 6.45) is -4.63. The molecule has 1 atom stereocenters. The van der Waals surface area contributed by atoms with Gasteiger partial charge in [0.1, 0.15) is 6.04 Å². The van der Waals surface area contributed by atoms with Gasteiger partial charge in [-0.15, -0.1) is 0 Å². The predicted molar refractivity (Wildman–Crippen MR) is 55.4 cm³/mol. The van der Waals surface area contributed by atoms with Crippen molar-refractivity contribution < 1.29 is 22.7 Å². The largest absolute Gasteiger partial charge is 0.468 e. The third-order valence-corrected chi connectivity index (χ3v) is 2.45. The summed E-state index contributed by atoms with van der Waals surface area (Å²) in [5.74, 6) is -0.983. The molecular weight excluding hydrogens is 259 g/mol. The molecule has 7 heteroatoms. The molecule has 1 aromatic rings. The monoisotopic (exact) mass is 267 g/mol. The molecule has 0 saturated carbocycles. The van der Waals surface area contributed by atoms with E-state index in [0.29, 0.717) is 0 Å². The van der Waals surface area contributed by atoms with E-state index in [9.17, 15) is 18.0 Å². The van der Waals surface area contributed by atoms with Crippen LogP contribution in [0.5, 0.6) is 0 Å². The smallest absolute Gasteiger partial charge is 0.416 e. The Kier molecular flexibility index (Phi) is 4.00. The minimum Gasteiger partial charge on any atom is -0.468 e. The van der Waals surface area contributed by atoms with Crippen LogP contribution in [0.4, 0.5) is 13.2 Å². The summed E-state index contributed by atoms with van der Waals surface area (Å²) in [5, 5.41) is -0.224. The second kappa shape index (κ2) is 4.93. The Hall–Kier alpha value is -1.27. The van der Waals surface area contributed by atoms with Gasteiger partial charge < -0.3 is 10.5 Å². The molecule has 0 aromatic heterocycles. The summed E-state index contributed by atoms with van der Waals surface area (Å²) >= 11 is 5.64. The molecule has 0 radical (unpaired) electrons. The van der Waals surface area contributed by atoms with Crippen molar-refractivity contribution in [2.24, 2.45) is 5.73 Å². The lowest BCUT2D eigenvalue weighted by Crippen LogP contribution is -2.26. The molecule has 0 bridgehead atoms. The number of ether oxygens (including phenoxy) is 1. The third-order valence-electron chi connectivity index (χ3n) is 2.12. The number of methoxy groups -OCH3 is 1. The highest BCUT2D eigenvalue weighted by Crippen LogP contribution is 2.37. The zero-order chi connectivity index (χ0) is 13.2. The lowest BCUT2D eigenvalue weighted by Gasteiger charge is -2.17. The Bertz CT molecular complexity index is 434. The maximum Gasteiger partial charge on any atom is 0.416 e. The quantitative estimate of drug-likeness (QED) is 0.838. The van der Waals surface area contributed by atoms with Crippen molar-refractivity contribution in [3.8, 4) is 0 Å². The fraction of sp³-hybridized carbons (Fsp3) is 0.300. The molecule has 17 heavy (non-hydrogen) atoms. The van der Waals surface area contributed by atoms with Crippen LogP contribution >= 0.6 is 11.6 Å². The number of nitrogens with two attached hydrogens (primary N) is 1. The Morgan fingerprint density at radius 3 is 2.53 bits per heavy atom. The van der Waals surface area contributed by atoms with Crippen LogP contribution in [0, 0.1) is 0 Å². The number of hydrogen-bond acceptors (Lipinski definition) is 3. The van der Waals surface area contributed by atoms with Gasteiger partial charge in [-0.25, -0.2) is 0 Å². The van der Waals surface area contributed by atoms with E-state index in [1.54, 1.807) is 0 Å². The van der Waals surface area contributed by atoms with Crippen molar-refractivity contribution in [1.29, 1.82) is 0 Å². The summed E-state index contributed by atoms with van der Waals surface area (Å²) in [4.78, 5) is 11.2. The number of esters is 1. The van der Waals surface area contributed by atoms with Crippen LogP contribution in [0.25, 0.3) is 0 Å². The highest BCUT2D eigenvalue weighted by molar-refractivity contribution is 6.31. The first kappa shape index (κ1) is 13.8. The van der Waals surface area contributed by atoms with E-state index in [1.165, 1.54) is 6.07 Å². The average Bonchev–Trinajstić information content (AvgIpc) is 2.25. The van der Waals surface area contributed by atoms with Crippen LogP contribution in [-0.2, 0) is 15.7 Å². The van der Waals surface area contributed by atoms with Gasteiger partial charge >= 0.3 is 12.1 Å². The zero-order valence-electron chi connectivity index (χ0n) is 8.72. The number of carbonyl (C=O) groups excluding carboxylic acids is 1. The topological polar surface area (TPSA) is 52.3 Å². The molecule has 0 aliphatic carbocycles. The number of carbonyl (C=O) groups is 1. The van der Waals surface area contributed by atoms with Crippen molar-refractivity contribution in [3.63, 3.8) is 0 Å². The average molecular weight is 268 g/mol. The van der Waals surface area contributed by atoms with Crippen LogP contribution in [0.2, 0.25) is 5.02 Å². The maximum atomic E-state index is 12.7. The first-order valence-corrected chi connectivity index (χ1v) is 4.86. The van der Waals surface area contributed by atoms with Gasteiger partial charge in [0.25, 0.3) is 0 Å². The number of alkyl halides is 3. The molecule has 0 aliphatic rings. The van der Waals surface area contributed by atoms with Crippen LogP contribution in [-0.4, -0.2) is 13.1 Å². The summed E-state index contributed by atoms with van der Waals surface area (Å²) in [6, 6.07) is 1.61. The van der Waals surface area contributed by atoms with Crippen molar-refractivity contribution in [3.05, 3.63) is 34.3 Å². The van der Waals surface area contributed by atoms with Crippen molar-refractivity contribution in [1.82, 2.24) is 0 Å². The number of benzene rings is 1. The Morgan fingerprint density at radius 2 is 2.06 bits per heavy atom. The summed E-state index contributed by atoms with van der Waals surface area (Å²) in [7, 11) is 1.03. The van der Waals surface area contributed by atoms with E-state index in [1.807, 2.05) is 0 Å². The van der Waals surface area contributed by atoms with Gasteiger partial charge in [-0.05, 0) is 12.1 Å². The second-order valence-electron chi connectivity index (χ2n) is 3.20. The molecule has 0 aliphatic heterocycles. The van der Waals surface area contributed by atoms with Gasteiger partial charge in [0.05, 0.1) is 12.7 Å². The molecule has 0 amide bonds. The van der Waals surface area contributed by atoms with Crippen LogP contribution in [0.15, 0.2) is 18.2 Å². The predicted octanol–water partition coefficient (Wildman–Crippen LogP) is 2.53. The van der Waals surface area contributed by atoms with Gasteiger partial charge in [0.2, 0.25) is 0 Å². The molecule has 0 heterocycles. The van der Waals surface area contributed by atoms with Crippen LogP contribution in [0.1, 0.15) is 17.2 Å². The normalized spacial score (nSPS) is 13.3. The SMILES string of the molecule is COC(=O)[C@@H](N)c1c(Cl)cccc1C(F)(F)F. The molecule has 0 spiro atoms. The fourth-order valence-electron chi connectivity index (χ4n) is 1.35. The molecule has 0 unspecified atom stereocenters.